The topological polar surface area (TPSA) is 69.6 Å². The molecule has 0 saturated carbocycles. The fraction of sp³-hybridized carbons (Fsp3) is 0.500. The molecule has 3 rings (SSSR count). The minimum Gasteiger partial charge on any atom is -0.396 e. The van der Waals surface area contributed by atoms with E-state index in [-0.39, 0.29) is 24.3 Å². The van der Waals surface area contributed by atoms with Crippen LogP contribution in [0.25, 0.3) is 0 Å². The highest BCUT2D eigenvalue weighted by atomic mass is 16.3. The normalized spacial score (nSPS) is 22.0. The third kappa shape index (κ3) is 2.65. The van der Waals surface area contributed by atoms with Crippen molar-refractivity contribution in [1.29, 1.82) is 0 Å². The second kappa shape index (κ2) is 5.85. The number of nitrogens with one attached hydrogen (secondary N) is 1. The van der Waals surface area contributed by atoms with E-state index in [0.717, 1.165) is 12.8 Å². The molecule has 1 aliphatic heterocycles. The van der Waals surface area contributed by atoms with Crippen LogP contribution in [0.3, 0.4) is 0 Å². The van der Waals surface area contributed by atoms with Gasteiger partial charge in [-0.3, -0.25) is 9.59 Å². The lowest BCUT2D eigenvalue weighted by atomic mass is 10.0. The lowest BCUT2D eigenvalue weighted by molar-refractivity contribution is -0.146. The van der Waals surface area contributed by atoms with E-state index < -0.39 is 6.04 Å². The minimum atomic E-state index is -0.528. The minimum absolute atomic E-state index is 0.0412. The second-order valence-electron chi connectivity index (χ2n) is 5.72. The summed E-state index contributed by atoms with van der Waals surface area (Å²) in [7, 11) is 0. The number of carbonyl (C=O) groups is 2. The van der Waals surface area contributed by atoms with Gasteiger partial charge in [0.2, 0.25) is 11.8 Å². The molecule has 5 nitrogen and oxygen atoms in total. The van der Waals surface area contributed by atoms with Crippen LogP contribution in [0.15, 0.2) is 24.3 Å². The van der Waals surface area contributed by atoms with Gasteiger partial charge >= 0.3 is 0 Å². The van der Waals surface area contributed by atoms with E-state index in [2.05, 4.69) is 17.4 Å². The molecule has 2 amide bonds. The molecule has 1 heterocycles. The second-order valence-corrected chi connectivity index (χ2v) is 5.72. The van der Waals surface area contributed by atoms with Crippen LogP contribution in [0.1, 0.15) is 17.5 Å². The molecule has 0 radical (unpaired) electrons. The number of nitrogens with zero attached hydrogens (tertiary/aromatic N) is 1. The van der Waals surface area contributed by atoms with Crippen LogP contribution in [0.5, 0.6) is 0 Å². The largest absolute Gasteiger partial charge is 0.396 e. The summed E-state index contributed by atoms with van der Waals surface area (Å²) in [6, 6.07) is 7.59. The molecule has 112 valence electrons. The molecule has 0 spiro atoms. The zero-order valence-corrected chi connectivity index (χ0v) is 11.9. The molecule has 1 fully saturated rings. The Labute approximate surface area is 123 Å². The molecular formula is C16H20N2O3. The van der Waals surface area contributed by atoms with Crippen LogP contribution >= 0.6 is 0 Å². The Kier molecular flexibility index (Phi) is 3.92. The van der Waals surface area contributed by atoms with Gasteiger partial charge in [-0.05, 0) is 30.4 Å². The van der Waals surface area contributed by atoms with Crippen LogP contribution in [-0.4, -0.2) is 47.6 Å². The van der Waals surface area contributed by atoms with Gasteiger partial charge in [-0.1, -0.05) is 24.3 Å². The number of fused-ring (bicyclic) bond motifs is 1. The van der Waals surface area contributed by atoms with Gasteiger partial charge < -0.3 is 15.3 Å². The van der Waals surface area contributed by atoms with Crippen molar-refractivity contribution in [3.63, 3.8) is 0 Å². The fourth-order valence-electron chi connectivity index (χ4n) is 3.36. The number of amides is 2. The van der Waals surface area contributed by atoms with Gasteiger partial charge in [0, 0.05) is 25.6 Å². The van der Waals surface area contributed by atoms with Gasteiger partial charge in [0.25, 0.3) is 0 Å². The highest BCUT2D eigenvalue weighted by molar-refractivity contribution is 5.90. The lowest BCUT2D eigenvalue weighted by Gasteiger charge is -2.36. The number of piperazine rings is 1. The summed E-state index contributed by atoms with van der Waals surface area (Å²) in [5, 5.41) is 11.9. The number of aliphatic hydroxyl groups excluding tert-OH is 1. The Hall–Kier alpha value is -1.88. The van der Waals surface area contributed by atoms with Gasteiger partial charge in [-0.15, -0.1) is 0 Å². The molecule has 1 atom stereocenters. The summed E-state index contributed by atoms with van der Waals surface area (Å²) in [6.45, 7) is 0.932. The van der Waals surface area contributed by atoms with Crippen molar-refractivity contribution in [2.75, 3.05) is 19.7 Å². The molecule has 0 aromatic heterocycles. The maximum absolute atomic E-state index is 12.8. The number of benzene rings is 1. The zero-order valence-electron chi connectivity index (χ0n) is 11.9. The Morgan fingerprint density at radius 3 is 2.57 bits per heavy atom. The Balaban J connectivity index is 1.74. The molecular weight excluding hydrogens is 268 g/mol. The molecule has 5 heteroatoms. The summed E-state index contributed by atoms with van der Waals surface area (Å²) in [6.07, 6.45) is 1.80. The predicted molar refractivity (Wildman–Crippen MR) is 77.6 cm³/mol. The van der Waals surface area contributed by atoms with Crippen molar-refractivity contribution in [2.24, 2.45) is 5.92 Å². The van der Waals surface area contributed by atoms with Crippen LogP contribution < -0.4 is 5.32 Å². The van der Waals surface area contributed by atoms with Gasteiger partial charge in [0.1, 0.15) is 6.04 Å². The monoisotopic (exact) mass is 288 g/mol. The molecule has 2 N–H and O–H groups in total. The first-order chi connectivity index (χ1) is 10.2. The number of rotatable bonds is 3. The van der Waals surface area contributed by atoms with E-state index in [1.165, 1.54) is 11.1 Å². The van der Waals surface area contributed by atoms with Crippen molar-refractivity contribution < 1.29 is 14.7 Å². The average molecular weight is 288 g/mol. The Morgan fingerprint density at radius 2 is 1.95 bits per heavy atom. The maximum Gasteiger partial charge on any atom is 0.242 e. The molecule has 0 bridgehead atoms. The highest BCUT2D eigenvalue weighted by Gasteiger charge is 2.37. The van der Waals surface area contributed by atoms with E-state index in [1.807, 2.05) is 12.1 Å². The van der Waals surface area contributed by atoms with Crippen molar-refractivity contribution in [2.45, 2.75) is 25.3 Å². The molecule has 0 unspecified atom stereocenters. The molecule has 21 heavy (non-hydrogen) atoms. The Bertz CT molecular complexity index is 533. The van der Waals surface area contributed by atoms with Gasteiger partial charge in [0.05, 0.1) is 0 Å². The van der Waals surface area contributed by atoms with Gasteiger partial charge in [0.15, 0.2) is 0 Å². The van der Waals surface area contributed by atoms with Crippen molar-refractivity contribution >= 4 is 11.8 Å². The van der Waals surface area contributed by atoms with Gasteiger partial charge in [-0.2, -0.15) is 0 Å². The maximum atomic E-state index is 12.8. The van der Waals surface area contributed by atoms with Crippen LogP contribution in [-0.2, 0) is 22.4 Å². The summed E-state index contributed by atoms with van der Waals surface area (Å²) in [5.41, 5.74) is 2.46. The number of aliphatic hydroxyl groups is 1. The summed E-state index contributed by atoms with van der Waals surface area (Å²) in [4.78, 5) is 26.3. The third-order valence-electron chi connectivity index (χ3n) is 4.42. The first kappa shape index (κ1) is 14.1. The molecule has 2 aliphatic rings. The van der Waals surface area contributed by atoms with E-state index in [1.54, 1.807) is 4.90 Å². The fourth-order valence-corrected chi connectivity index (χ4v) is 3.36. The van der Waals surface area contributed by atoms with E-state index in [9.17, 15) is 9.59 Å². The molecule has 1 aromatic rings. The summed E-state index contributed by atoms with van der Waals surface area (Å²) < 4.78 is 0. The molecule has 1 aromatic carbocycles. The van der Waals surface area contributed by atoms with E-state index in [0.29, 0.717) is 19.5 Å². The van der Waals surface area contributed by atoms with Crippen LogP contribution in [0.4, 0.5) is 0 Å². The quantitative estimate of drug-likeness (QED) is 0.829. The number of carbonyl (C=O) groups excluding carboxylic acids is 2. The zero-order chi connectivity index (χ0) is 14.8. The average Bonchev–Trinajstić information content (AvgIpc) is 2.93. The number of hydrogen-bond donors (Lipinski definition) is 2. The van der Waals surface area contributed by atoms with Crippen molar-refractivity contribution in [3.8, 4) is 0 Å². The molecule has 1 saturated heterocycles. The summed E-state index contributed by atoms with van der Waals surface area (Å²) in [5.74, 6) is -0.187. The van der Waals surface area contributed by atoms with Crippen LogP contribution in [0.2, 0.25) is 0 Å². The van der Waals surface area contributed by atoms with Crippen molar-refractivity contribution in [3.05, 3.63) is 35.4 Å². The van der Waals surface area contributed by atoms with Gasteiger partial charge in [-0.25, -0.2) is 0 Å². The first-order valence-electron chi connectivity index (χ1n) is 7.46. The Morgan fingerprint density at radius 1 is 1.29 bits per heavy atom. The van der Waals surface area contributed by atoms with Crippen molar-refractivity contribution in [1.82, 2.24) is 10.2 Å². The van der Waals surface area contributed by atoms with E-state index >= 15 is 0 Å². The number of hydrogen-bond acceptors (Lipinski definition) is 3. The first-order valence-corrected chi connectivity index (χ1v) is 7.46. The predicted octanol–water partition coefficient (Wildman–Crippen LogP) is 0.111. The SMILES string of the molecule is O=C1NCCN(C(=O)C2Cc3ccccc3C2)[C@@H]1CCO. The highest BCUT2D eigenvalue weighted by Crippen LogP contribution is 2.28. The van der Waals surface area contributed by atoms with Crippen LogP contribution in [0, 0.1) is 5.92 Å². The third-order valence-corrected chi connectivity index (χ3v) is 4.42. The standard InChI is InChI=1S/C16H20N2O3/c19-8-5-14-15(20)17-6-7-18(14)16(21)13-9-11-3-1-2-4-12(11)10-13/h1-4,13-14,19H,5-10H2,(H,17,20)/t14-/m1/s1. The molecule has 1 aliphatic carbocycles. The smallest absolute Gasteiger partial charge is 0.242 e. The van der Waals surface area contributed by atoms with E-state index in [4.69, 9.17) is 5.11 Å². The summed E-state index contributed by atoms with van der Waals surface area (Å²) >= 11 is 0. The lowest BCUT2D eigenvalue weighted by Crippen LogP contribution is -2.58.